The molecule has 0 saturated heterocycles. The van der Waals surface area contributed by atoms with E-state index < -0.39 is 0 Å². The highest BCUT2D eigenvalue weighted by Crippen LogP contribution is 2.45. The number of aromatic nitrogens is 1. The molecular weight excluding hydrogens is 555 g/mol. The van der Waals surface area contributed by atoms with Crippen LogP contribution in [0.1, 0.15) is 0 Å². The van der Waals surface area contributed by atoms with Crippen molar-refractivity contribution in [3.63, 3.8) is 0 Å². The zero-order valence-electron chi connectivity index (χ0n) is 25.2. The minimum atomic E-state index is 1.12. The van der Waals surface area contributed by atoms with E-state index in [1.807, 2.05) is 18.5 Å². The molecule has 0 spiro atoms. The van der Waals surface area contributed by atoms with Gasteiger partial charge < -0.3 is 0 Å². The van der Waals surface area contributed by atoms with E-state index in [-0.39, 0.29) is 0 Å². The minimum Gasteiger partial charge on any atom is -0.264 e. The summed E-state index contributed by atoms with van der Waals surface area (Å²) >= 11 is 0. The predicted octanol–water partition coefficient (Wildman–Crippen LogP) is 12.4. The first-order valence-electron chi connectivity index (χ1n) is 15.8. The van der Waals surface area contributed by atoms with Crippen molar-refractivity contribution in [1.82, 2.24) is 4.98 Å². The molecule has 0 atom stereocenters. The fourth-order valence-corrected chi connectivity index (χ4v) is 7.06. The fraction of sp³-hybridized carbons (Fsp3) is 0. The molecule has 9 rings (SSSR count). The lowest BCUT2D eigenvalue weighted by molar-refractivity contribution is 1.33. The highest BCUT2D eigenvalue weighted by atomic mass is 14.6. The van der Waals surface area contributed by atoms with E-state index in [0.717, 1.165) is 5.56 Å². The van der Waals surface area contributed by atoms with Gasteiger partial charge in [-0.25, -0.2) is 0 Å². The second-order valence-electron chi connectivity index (χ2n) is 12.0. The molecule has 1 nitrogen and oxygen atoms in total. The first-order chi connectivity index (χ1) is 22.8. The van der Waals surface area contributed by atoms with Gasteiger partial charge in [-0.05, 0) is 112 Å². The predicted molar refractivity (Wildman–Crippen MR) is 196 cm³/mol. The average molecular weight is 584 g/mol. The van der Waals surface area contributed by atoms with Crippen LogP contribution in [0.3, 0.4) is 0 Å². The lowest BCUT2D eigenvalue weighted by Crippen LogP contribution is -1.92. The van der Waals surface area contributed by atoms with Crippen molar-refractivity contribution in [2.45, 2.75) is 0 Å². The number of fused-ring (bicyclic) bond motifs is 4. The molecule has 0 aliphatic heterocycles. The Morgan fingerprint density at radius 3 is 1.35 bits per heavy atom. The number of nitrogens with zero attached hydrogens (tertiary/aromatic N) is 1. The first-order valence-corrected chi connectivity index (χ1v) is 15.8. The summed E-state index contributed by atoms with van der Waals surface area (Å²) in [6.07, 6.45) is 3.73. The third-order valence-electron chi connectivity index (χ3n) is 9.31. The van der Waals surface area contributed by atoms with Gasteiger partial charge in [0.2, 0.25) is 0 Å². The van der Waals surface area contributed by atoms with Gasteiger partial charge >= 0.3 is 0 Å². The summed E-state index contributed by atoms with van der Waals surface area (Å²) in [5.41, 5.74) is 9.70. The molecule has 0 aliphatic rings. The molecule has 0 fully saturated rings. The van der Waals surface area contributed by atoms with Crippen molar-refractivity contribution in [2.24, 2.45) is 0 Å². The van der Waals surface area contributed by atoms with Crippen LogP contribution in [0.2, 0.25) is 0 Å². The molecule has 0 amide bonds. The van der Waals surface area contributed by atoms with E-state index in [1.54, 1.807) is 0 Å². The maximum atomic E-state index is 4.31. The molecule has 1 aromatic heterocycles. The Bertz CT molecular complexity index is 2560. The van der Waals surface area contributed by atoms with Crippen LogP contribution in [0.5, 0.6) is 0 Å². The lowest BCUT2D eigenvalue weighted by Gasteiger charge is -2.19. The molecule has 0 unspecified atom stereocenters. The molecule has 1 heterocycles. The standard InChI is InChI=1S/C45H29N/c1-3-10-34-26-37(21-19-30(34)8-1)44-40-13-5-6-14-41(40)45(38-22-20-31-9-2-4-11-35(31)27-38)43-28-36(23-24-42(43)44)32-15-17-33(18-16-32)39-12-7-25-46-29-39/h1-29H. The third-order valence-corrected chi connectivity index (χ3v) is 9.31. The SMILES string of the molecule is c1cncc(-c2ccc(-c3ccc4c(-c5ccc6ccccc6c5)c5ccccc5c(-c5ccc6ccccc6c5)c4c3)cc2)c1. The number of hydrogen-bond acceptors (Lipinski definition) is 1. The van der Waals surface area contributed by atoms with E-state index in [4.69, 9.17) is 0 Å². The number of benzene rings is 8. The highest BCUT2D eigenvalue weighted by Gasteiger charge is 2.18. The van der Waals surface area contributed by atoms with Crippen LogP contribution >= 0.6 is 0 Å². The summed E-state index contributed by atoms with van der Waals surface area (Å²) in [6.45, 7) is 0. The van der Waals surface area contributed by atoms with Gasteiger partial charge in [-0.15, -0.1) is 0 Å². The number of hydrogen-bond donors (Lipinski definition) is 0. The van der Waals surface area contributed by atoms with Crippen LogP contribution in [0.4, 0.5) is 0 Å². The maximum absolute atomic E-state index is 4.31. The zero-order chi connectivity index (χ0) is 30.5. The number of rotatable bonds is 4. The summed E-state index contributed by atoms with van der Waals surface area (Å²) in [5, 5.41) is 10.0. The van der Waals surface area contributed by atoms with E-state index in [2.05, 4.69) is 163 Å². The van der Waals surface area contributed by atoms with E-state index in [1.165, 1.54) is 82.0 Å². The topological polar surface area (TPSA) is 12.9 Å². The van der Waals surface area contributed by atoms with Crippen LogP contribution in [0.25, 0.3) is 87.6 Å². The molecule has 9 aromatic rings. The molecule has 0 saturated carbocycles. The van der Waals surface area contributed by atoms with E-state index in [0.29, 0.717) is 0 Å². The van der Waals surface area contributed by atoms with Gasteiger partial charge in [0.05, 0.1) is 0 Å². The molecule has 8 aromatic carbocycles. The van der Waals surface area contributed by atoms with Crippen molar-refractivity contribution < 1.29 is 0 Å². The van der Waals surface area contributed by atoms with Gasteiger partial charge in [0.15, 0.2) is 0 Å². The Morgan fingerprint density at radius 1 is 0.283 bits per heavy atom. The van der Waals surface area contributed by atoms with Crippen molar-refractivity contribution in [3.8, 4) is 44.5 Å². The Labute approximate surface area is 268 Å². The Kier molecular flexibility index (Phi) is 6.21. The fourth-order valence-electron chi connectivity index (χ4n) is 7.06. The van der Waals surface area contributed by atoms with Crippen molar-refractivity contribution in [3.05, 3.63) is 176 Å². The molecule has 1 heteroatoms. The van der Waals surface area contributed by atoms with Gasteiger partial charge in [0.1, 0.15) is 0 Å². The smallest absolute Gasteiger partial charge is 0.0346 e. The minimum absolute atomic E-state index is 1.12. The maximum Gasteiger partial charge on any atom is 0.0346 e. The largest absolute Gasteiger partial charge is 0.264 e. The van der Waals surface area contributed by atoms with Crippen LogP contribution in [0, 0.1) is 0 Å². The summed E-state index contributed by atoms with van der Waals surface area (Å²) in [6, 6.07) is 59.9. The second-order valence-corrected chi connectivity index (χ2v) is 12.0. The molecule has 0 N–H and O–H groups in total. The van der Waals surface area contributed by atoms with Crippen molar-refractivity contribution in [1.29, 1.82) is 0 Å². The zero-order valence-corrected chi connectivity index (χ0v) is 25.2. The van der Waals surface area contributed by atoms with Crippen LogP contribution < -0.4 is 0 Å². The van der Waals surface area contributed by atoms with Gasteiger partial charge in [-0.1, -0.05) is 140 Å². The van der Waals surface area contributed by atoms with Crippen LogP contribution in [-0.4, -0.2) is 4.98 Å². The first kappa shape index (κ1) is 26.4. The Morgan fingerprint density at radius 2 is 0.761 bits per heavy atom. The summed E-state index contributed by atoms with van der Waals surface area (Å²) in [5.74, 6) is 0. The van der Waals surface area contributed by atoms with Gasteiger partial charge in [0.25, 0.3) is 0 Å². The quantitative estimate of drug-likeness (QED) is 0.188. The Hall–Kier alpha value is -6.05. The average Bonchev–Trinajstić information content (AvgIpc) is 3.13. The summed E-state index contributed by atoms with van der Waals surface area (Å²) in [7, 11) is 0. The lowest BCUT2D eigenvalue weighted by atomic mass is 9.84. The molecule has 214 valence electrons. The van der Waals surface area contributed by atoms with Gasteiger partial charge in [0, 0.05) is 12.4 Å². The van der Waals surface area contributed by atoms with Crippen molar-refractivity contribution in [2.75, 3.05) is 0 Å². The van der Waals surface area contributed by atoms with E-state index in [9.17, 15) is 0 Å². The highest BCUT2D eigenvalue weighted by molar-refractivity contribution is 6.22. The van der Waals surface area contributed by atoms with Gasteiger partial charge in [-0.3, -0.25) is 4.98 Å². The monoisotopic (exact) mass is 583 g/mol. The van der Waals surface area contributed by atoms with E-state index >= 15 is 0 Å². The van der Waals surface area contributed by atoms with Crippen molar-refractivity contribution >= 4 is 43.1 Å². The summed E-state index contributed by atoms with van der Waals surface area (Å²) in [4.78, 5) is 4.31. The molecule has 46 heavy (non-hydrogen) atoms. The molecular formula is C45H29N. The Balaban J connectivity index is 1.33. The number of pyridine rings is 1. The molecule has 0 radical (unpaired) electrons. The summed E-state index contributed by atoms with van der Waals surface area (Å²) < 4.78 is 0. The molecule has 0 bridgehead atoms. The van der Waals surface area contributed by atoms with Crippen LogP contribution in [-0.2, 0) is 0 Å². The second kappa shape index (κ2) is 10.8. The molecule has 0 aliphatic carbocycles. The normalized spacial score (nSPS) is 11.5. The van der Waals surface area contributed by atoms with Gasteiger partial charge in [-0.2, -0.15) is 0 Å². The third kappa shape index (κ3) is 4.45. The van der Waals surface area contributed by atoms with Crippen LogP contribution in [0.15, 0.2) is 176 Å².